The van der Waals surface area contributed by atoms with Crippen LogP contribution >= 0.6 is 45.8 Å². The Morgan fingerprint density at radius 2 is 1.76 bits per heavy atom. The second-order valence-corrected chi connectivity index (χ2v) is 10.4. The van der Waals surface area contributed by atoms with Gasteiger partial charge in [-0.25, -0.2) is 9.69 Å². The first kappa shape index (κ1) is 30.2. The Kier molecular flexibility index (Phi) is 9.73. The molecule has 13 heteroatoms. The summed E-state index contributed by atoms with van der Waals surface area (Å²) in [5, 5.41) is 5.52. The molecule has 0 radical (unpaired) electrons. The molecule has 0 aliphatic carbocycles. The van der Waals surface area contributed by atoms with Crippen LogP contribution in [0.4, 0.5) is 16.2 Å². The van der Waals surface area contributed by atoms with E-state index in [9.17, 15) is 19.2 Å². The number of nitrogens with zero attached hydrogens (tertiary/aromatic N) is 1. The summed E-state index contributed by atoms with van der Waals surface area (Å²) in [6.45, 7) is 1.72. The lowest BCUT2D eigenvalue weighted by atomic mass is 10.1. The molecule has 3 aromatic carbocycles. The lowest BCUT2D eigenvalue weighted by Gasteiger charge is -2.26. The molecule has 2 N–H and O–H groups in total. The number of anilines is 2. The van der Waals surface area contributed by atoms with Gasteiger partial charge in [-0.05, 0) is 95.8 Å². The van der Waals surface area contributed by atoms with Gasteiger partial charge >= 0.3 is 6.03 Å². The smallest absolute Gasteiger partial charge is 0.335 e. The fourth-order valence-corrected chi connectivity index (χ4v) is 4.85. The number of hydrogen-bond acceptors (Lipinski definition) is 7. The minimum atomic E-state index is -0.866. The Balaban J connectivity index is 1.56. The summed E-state index contributed by atoms with van der Waals surface area (Å²) < 4.78 is 17.2. The maximum absolute atomic E-state index is 13.3. The maximum atomic E-state index is 13.3. The summed E-state index contributed by atoms with van der Waals surface area (Å²) in [6, 6.07) is 13.3. The van der Waals surface area contributed by atoms with Crippen LogP contribution in [-0.4, -0.2) is 44.1 Å². The first-order valence-corrected chi connectivity index (χ1v) is 13.8. The molecule has 0 spiro atoms. The summed E-state index contributed by atoms with van der Waals surface area (Å²) in [7, 11) is 1.49. The van der Waals surface area contributed by atoms with Gasteiger partial charge in [0.25, 0.3) is 17.7 Å². The second-order valence-electron chi connectivity index (χ2n) is 8.38. The maximum Gasteiger partial charge on any atom is 0.335 e. The zero-order valence-electron chi connectivity index (χ0n) is 21.6. The molecule has 1 aliphatic heterocycles. The van der Waals surface area contributed by atoms with Gasteiger partial charge in [-0.2, -0.15) is 0 Å². The van der Waals surface area contributed by atoms with Gasteiger partial charge in [-0.3, -0.25) is 19.7 Å². The molecule has 212 valence electrons. The number of halogens is 3. The molecule has 4 rings (SSSR count). The van der Waals surface area contributed by atoms with E-state index in [0.717, 1.165) is 4.90 Å². The minimum Gasteiger partial charge on any atom is -0.497 e. The van der Waals surface area contributed by atoms with Crippen molar-refractivity contribution in [2.75, 3.05) is 30.5 Å². The number of urea groups is 1. The van der Waals surface area contributed by atoms with Crippen molar-refractivity contribution in [2.45, 2.75) is 6.92 Å². The van der Waals surface area contributed by atoms with Gasteiger partial charge in [-0.1, -0.05) is 23.2 Å². The number of barbiturate groups is 1. The molecule has 0 unspecified atom stereocenters. The lowest BCUT2D eigenvalue weighted by Crippen LogP contribution is -2.54. The molecule has 1 aliphatic rings. The highest BCUT2D eigenvalue weighted by atomic mass is 127. The van der Waals surface area contributed by atoms with Crippen LogP contribution < -0.4 is 29.7 Å². The van der Waals surface area contributed by atoms with Crippen LogP contribution in [0.15, 0.2) is 60.2 Å². The molecule has 1 saturated heterocycles. The topological polar surface area (TPSA) is 123 Å². The number of nitrogens with one attached hydrogen (secondary N) is 2. The van der Waals surface area contributed by atoms with Crippen LogP contribution in [-0.2, 0) is 14.4 Å². The van der Waals surface area contributed by atoms with Crippen molar-refractivity contribution in [3.8, 4) is 17.2 Å². The monoisotopic (exact) mass is 709 g/mol. The quantitative estimate of drug-likeness (QED) is 0.166. The molecular formula is C28H22Cl2IN3O7. The predicted molar refractivity (Wildman–Crippen MR) is 163 cm³/mol. The zero-order chi connectivity index (χ0) is 29.7. The number of carbonyl (C=O) groups excluding carboxylic acids is 4. The minimum absolute atomic E-state index is 0.256. The van der Waals surface area contributed by atoms with Crippen LogP contribution in [0.3, 0.4) is 0 Å². The van der Waals surface area contributed by atoms with Crippen molar-refractivity contribution < 1.29 is 33.4 Å². The van der Waals surface area contributed by atoms with Gasteiger partial charge in [0.2, 0.25) is 0 Å². The number of carbonyl (C=O) groups is 4. The van der Waals surface area contributed by atoms with E-state index in [-0.39, 0.29) is 24.5 Å². The van der Waals surface area contributed by atoms with E-state index < -0.39 is 23.8 Å². The highest BCUT2D eigenvalue weighted by molar-refractivity contribution is 14.1. The van der Waals surface area contributed by atoms with Crippen molar-refractivity contribution in [3.63, 3.8) is 0 Å². The normalized spacial score (nSPS) is 14.1. The number of hydrogen-bond donors (Lipinski definition) is 2. The van der Waals surface area contributed by atoms with E-state index in [0.29, 0.717) is 42.1 Å². The number of ether oxygens (including phenoxy) is 3. The standard InChI is InChI=1S/C28H22Cl2IN3O7/c1-3-40-23-12-15(11-22(31)25(23)41-14-24(35)32-16-4-9-20(29)21(30)13-16)10-19-26(36)33-28(38)34(27(19)37)17-5-7-18(39-2)8-6-17/h4-13H,3,14H2,1-2H3,(H,32,35)(H,33,36,38)/b19-10+. The molecule has 0 bridgehead atoms. The van der Waals surface area contributed by atoms with Crippen molar-refractivity contribution in [3.05, 3.63) is 79.3 Å². The molecule has 1 fully saturated rings. The van der Waals surface area contributed by atoms with E-state index in [1.54, 1.807) is 43.3 Å². The third-order valence-corrected chi connectivity index (χ3v) is 7.17. The van der Waals surface area contributed by atoms with Gasteiger partial charge in [-0.15, -0.1) is 0 Å². The Labute approximate surface area is 258 Å². The van der Waals surface area contributed by atoms with Crippen LogP contribution in [0.1, 0.15) is 12.5 Å². The molecule has 0 saturated carbocycles. The fraction of sp³-hybridized carbons (Fsp3) is 0.143. The predicted octanol–water partition coefficient (Wildman–Crippen LogP) is 5.69. The third kappa shape index (κ3) is 7.10. The first-order chi connectivity index (χ1) is 19.6. The Morgan fingerprint density at radius 1 is 1.02 bits per heavy atom. The number of imide groups is 2. The van der Waals surface area contributed by atoms with Gasteiger partial charge in [0.1, 0.15) is 11.3 Å². The summed E-state index contributed by atoms with van der Waals surface area (Å²) in [5.41, 5.74) is 0.896. The van der Waals surface area contributed by atoms with E-state index in [4.69, 9.17) is 37.4 Å². The Morgan fingerprint density at radius 3 is 2.41 bits per heavy atom. The first-order valence-electron chi connectivity index (χ1n) is 12.0. The largest absolute Gasteiger partial charge is 0.497 e. The third-order valence-electron chi connectivity index (χ3n) is 5.63. The SMILES string of the molecule is CCOc1cc(/C=C2\C(=O)NC(=O)N(c3ccc(OC)cc3)C2=O)cc(I)c1OCC(=O)Nc1ccc(Cl)c(Cl)c1. The number of methoxy groups -OCH3 is 1. The molecule has 5 amide bonds. The second kappa shape index (κ2) is 13.2. The lowest BCUT2D eigenvalue weighted by molar-refractivity contribution is -0.122. The van der Waals surface area contributed by atoms with E-state index in [2.05, 4.69) is 10.6 Å². The average molecular weight is 710 g/mol. The number of amides is 5. The van der Waals surface area contributed by atoms with Gasteiger partial charge in [0.05, 0.1) is 33.0 Å². The fourth-order valence-electron chi connectivity index (χ4n) is 3.77. The van der Waals surface area contributed by atoms with E-state index in [1.165, 1.54) is 31.4 Å². The van der Waals surface area contributed by atoms with Gasteiger partial charge in [0.15, 0.2) is 18.1 Å². The summed E-state index contributed by atoms with van der Waals surface area (Å²) in [5.74, 6) is -0.944. The van der Waals surface area contributed by atoms with Crippen molar-refractivity contribution in [1.82, 2.24) is 5.32 Å². The molecule has 1 heterocycles. The van der Waals surface area contributed by atoms with Crippen LogP contribution in [0.2, 0.25) is 10.0 Å². The van der Waals surface area contributed by atoms with Crippen LogP contribution in [0, 0.1) is 3.57 Å². The number of benzene rings is 3. The Hall–Kier alpha value is -3.81. The van der Waals surface area contributed by atoms with E-state index >= 15 is 0 Å². The zero-order valence-corrected chi connectivity index (χ0v) is 25.3. The molecule has 0 aromatic heterocycles. The van der Waals surface area contributed by atoms with Gasteiger partial charge in [0, 0.05) is 5.69 Å². The summed E-state index contributed by atoms with van der Waals surface area (Å²) in [6.07, 6.45) is 1.35. The van der Waals surface area contributed by atoms with Crippen molar-refractivity contribution in [2.24, 2.45) is 0 Å². The molecular weight excluding hydrogens is 688 g/mol. The van der Waals surface area contributed by atoms with Crippen molar-refractivity contribution >= 4 is 87.0 Å². The molecule has 3 aromatic rings. The van der Waals surface area contributed by atoms with Gasteiger partial charge < -0.3 is 19.5 Å². The van der Waals surface area contributed by atoms with E-state index in [1.807, 2.05) is 22.6 Å². The summed E-state index contributed by atoms with van der Waals surface area (Å²) >= 11 is 13.9. The highest BCUT2D eigenvalue weighted by Gasteiger charge is 2.37. The average Bonchev–Trinajstić information content (AvgIpc) is 2.93. The molecule has 0 atom stereocenters. The Bertz CT molecular complexity index is 1560. The van der Waals surface area contributed by atoms with Crippen LogP contribution in [0.5, 0.6) is 17.2 Å². The van der Waals surface area contributed by atoms with Crippen molar-refractivity contribution in [1.29, 1.82) is 0 Å². The summed E-state index contributed by atoms with van der Waals surface area (Å²) in [4.78, 5) is 51.8. The number of rotatable bonds is 9. The molecule has 10 nitrogen and oxygen atoms in total. The van der Waals surface area contributed by atoms with Crippen LogP contribution in [0.25, 0.3) is 6.08 Å². The highest BCUT2D eigenvalue weighted by Crippen LogP contribution is 2.35. The molecule has 41 heavy (non-hydrogen) atoms.